The Bertz CT molecular complexity index is 165. The van der Waals surface area contributed by atoms with Crippen molar-refractivity contribution in [3.63, 3.8) is 0 Å². The van der Waals surface area contributed by atoms with Crippen molar-refractivity contribution in [1.29, 1.82) is 0 Å². The van der Waals surface area contributed by atoms with Crippen LogP contribution in [0.25, 0.3) is 0 Å². The molecule has 0 unspecified atom stereocenters. The minimum Gasteiger partial charge on any atom is -0.390 e. The Hall–Kier alpha value is -0.320. The monoisotopic (exact) mass is 186 g/mol. The molecule has 0 aromatic carbocycles. The molecular formula is C7H10F4O. The van der Waals surface area contributed by atoms with Crippen LogP contribution in [-0.4, -0.2) is 23.1 Å². The number of hydrogen-bond acceptors (Lipinski definition) is 1. The largest absolute Gasteiger partial charge is 0.390 e. The number of aliphatic hydroxyl groups is 1. The van der Waals surface area contributed by atoms with E-state index in [1.807, 2.05) is 0 Å². The molecule has 0 aliphatic heterocycles. The topological polar surface area (TPSA) is 20.2 Å². The van der Waals surface area contributed by atoms with Gasteiger partial charge in [-0.3, -0.25) is 0 Å². The summed E-state index contributed by atoms with van der Waals surface area (Å²) in [4.78, 5) is 0. The standard InChI is InChI=1S/C7H10F4O/c8-5(9)7(10,11)4-6(12)2-1-3-6/h5,12H,1-4H2. The molecule has 0 aromatic rings. The van der Waals surface area contributed by atoms with Crippen LogP contribution in [0, 0.1) is 0 Å². The Kier molecular flexibility index (Phi) is 2.33. The Labute approximate surface area is 67.4 Å². The summed E-state index contributed by atoms with van der Waals surface area (Å²) in [5.74, 6) is -4.05. The summed E-state index contributed by atoms with van der Waals surface area (Å²) in [5.41, 5.74) is -1.54. The normalized spacial score (nSPS) is 22.5. The van der Waals surface area contributed by atoms with E-state index in [9.17, 15) is 22.7 Å². The first-order valence-corrected chi connectivity index (χ1v) is 3.74. The zero-order valence-corrected chi connectivity index (χ0v) is 6.36. The first kappa shape index (κ1) is 9.77. The summed E-state index contributed by atoms with van der Waals surface area (Å²) in [5, 5.41) is 9.18. The van der Waals surface area contributed by atoms with Gasteiger partial charge in [0, 0.05) is 6.42 Å². The van der Waals surface area contributed by atoms with E-state index < -0.39 is 24.4 Å². The molecule has 1 aliphatic rings. The van der Waals surface area contributed by atoms with E-state index in [-0.39, 0.29) is 12.8 Å². The van der Waals surface area contributed by atoms with Gasteiger partial charge in [-0.1, -0.05) is 0 Å². The lowest BCUT2D eigenvalue weighted by Gasteiger charge is -2.38. The van der Waals surface area contributed by atoms with Crippen LogP contribution in [-0.2, 0) is 0 Å². The minimum atomic E-state index is -4.05. The molecule has 0 heterocycles. The summed E-state index contributed by atoms with van der Waals surface area (Å²) < 4.78 is 48.0. The molecule has 0 spiro atoms. The molecule has 1 rings (SSSR count). The van der Waals surface area contributed by atoms with Crippen LogP contribution >= 0.6 is 0 Å². The average Bonchev–Trinajstić information content (AvgIpc) is 1.83. The zero-order chi connectivity index (χ0) is 9.41. The predicted octanol–water partition coefficient (Wildman–Crippen LogP) is 2.19. The van der Waals surface area contributed by atoms with Gasteiger partial charge in [0.25, 0.3) is 0 Å². The van der Waals surface area contributed by atoms with Crippen molar-refractivity contribution in [2.45, 2.75) is 43.6 Å². The first-order chi connectivity index (χ1) is 5.36. The maximum absolute atomic E-state index is 12.4. The van der Waals surface area contributed by atoms with Crippen molar-refractivity contribution in [3.8, 4) is 0 Å². The quantitative estimate of drug-likeness (QED) is 0.670. The Morgan fingerprint density at radius 3 is 2.08 bits per heavy atom. The van der Waals surface area contributed by atoms with E-state index in [2.05, 4.69) is 0 Å². The van der Waals surface area contributed by atoms with Gasteiger partial charge in [0.1, 0.15) is 0 Å². The lowest BCUT2D eigenvalue weighted by molar-refractivity contribution is -0.183. The maximum atomic E-state index is 12.4. The molecule has 0 atom stereocenters. The van der Waals surface area contributed by atoms with Crippen molar-refractivity contribution in [2.75, 3.05) is 0 Å². The van der Waals surface area contributed by atoms with E-state index >= 15 is 0 Å². The molecule has 0 saturated heterocycles. The number of halogens is 4. The van der Waals surface area contributed by atoms with Gasteiger partial charge in [-0.05, 0) is 19.3 Å². The van der Waals surface area contributed by atoms with Crippen molar-refractivity contribution in [1.82, 2.24) is 0 Å². The molecular weight excluding hydrogens is 176 g/mol. The summed E-state index contributed by atoms with van der Waals surface area (Å²) in [6.07, 6.45) is -3.75. The van der Waals surface area contributed by atoms with Gasteiger partial charge < -0.3 is 5.11 Å². The highest BCUT2D eigenvalue weighted by molar-refractivity contribution is 4.92. The summed E-state index contributed by atoms with van der Waals surface area (Å²) >= 11 is 0. The molecule has 0 aromatic heterocycles. The Balaban J connectivity index is 2.48. The van der Waals surface area contributed by atoms with Crippen LogP contribution in [0.5, 0.6) is 0 Å². The van der Waals surface area contributed by atoms with Crippen LogP contribution in [0.1, 0.15) is 25.7 Å². The third-order valence-corrected chi connectivity index (χ3v) is 2.17. The van der Waals surface area contributed by atoms with Crippen LogP contribution in [0.3, 0.4) is 0 Å². The van der Waals surface area contributed by atoms with Gasteiger partial charge in [-0.15, -0.1) is 0 Å². The molecule has 1 fully saturated rings. The van der Waals surface area contributed by atoms with Gasteiger partial charge in [-0.25, -0.2) is 17.6 Å². The first-order valence-electron chi connectivity index (χ1n) is 3.74. The van der Waals surface area contributed by atoms with Crippen LogP contribution in [0.4, 0.5) is 17.6 Å². The van der Waals surface area contributed by atoms with Gasteiger partial charge in [0.05, 0.1) is 5.60 Å². The molecule has 0 bridgehead atoms. The molecule has 5 heteroatoms. The Morgan fingerprint density at radius 1 is 1.33 bits per heavy atom. The van der Waals surface area contributed by atoms with Crippen molar-refractivity contribution in [2.24, 2.45) is 0 Å². The lowest BCUT2D eigenvalue weighted by atomic mass is 9.76. The fourth-order valence-electron chi connectivity index (χ4n) is 1.28. The number of hydrogen-bond donors (Lipinski definition) is 1. The molecule has 0 amide bonds. The third kappa shape index (κ3) is 1.88. The highest BCUT2D eigenvalue weighted by Crippen LogP contribution is 2.42. The molecule has 72 valence electrons. The minimum absolute atomic E-state index is 0.204. The van der Waals surface area contributed by atoms with Gasteiger partial charge in [0.2, 0.25) is 0 Å². The Morgan fingerprint density at radius 2 is 1.83 bits per heavy atom. The fourth-order valence-corrected chi connectivity index (χ4v) is 1.28. The van der Waals surface area contributed by atoms with Gasteiger partial charge in [0.15, 0.2) is 0 Å². The molecule has 1 saturated carbocycles. The lowest BCUT2D eigenvalue weighted by Crippen LogP contribution is -2.44. The summed E-state index contributed by atoms with van der Waals surface area (Å²) in [7, 11) is 0. The molecule has 1 N–H and O–H groups in total. The van der Waals surface area contributed by atoms with E-state index in [1.165, 1.54) is 0 Å². The second kappa shape index (κ2) is 2.87. The third-order valence-electron chi connectivity index (χ3n) is 2.17. The highest BCUT2D eigenvalue weighted by atomic mass is 19.3. The van der Waals surface area contributed by atoms with Gasteiger partial charge >= 0.3 is 12.3 Å². The van der Waals surface area contributed by atoms with Crippen molar-refractivity contribution < 1.29 is 22.7 Å². The van der Waals surface area contributed by atoms with E-state index in [4.69, 9.17) is 0 Å². The van der Waals surface area contributed by atoms with Crippen molar-refractivity contribution >= 4 is 0 Å². The van der Waals surface area contributed by atoms with Crippen LogP contribution in [0.15, 0.2) is 0 Å². The van der Waals surface area contributed by atoms with E-state index in [0.29, 0.717) is 6.42 Å². The highest BCUT2D eigenvalue weighted by Gasteiger charge is 2.50. The maximum Gasteiger partial charge on any atom is 0.310 e. The number of alkyl halides is 4. The summed E-state index contributed by atoms with van der Waals surface area (Å²) in [6.45, 7) is 0. The van der Waals surface area contributed by atoms with Crippen LogP contribution in [0.2, 0.25) is 0 Å². The summed E-state index contributed by atoms with van der Waals surface area (Å²) in [6, 6.07) is 0. The molecule has 12 heavy (non-hydrogen) atoms. The van der Waals surface area contributed by atoms with Crippen molar-refractivity contribution in [3.05, 3.63) is 0 Å². The number of rotatable bonds is 3. The molecule has 0 radical (unpaired) electrons. The second-order valence-electron chi connectivity index (χ2n) is 3.32. The SMILES string of the molecule is OC1(CC(F)(F)C(F)F)CCC1. The zero-order valence-electron chi connectivity index (χ0n) is 6.36. The van der Waals surface area contributed by atoms with Gasteiger partial charge in [-0.2, -0.15) is 0 Å². The smallest absolute Gasteiger partial charge is 0.310 e. The molecule has 1 nitrogen and oxygen atoms in total. The fraction of sp³-hybridized carbons (Fsp3) is 1.00. The second-order valence-corrected chi connectivity index (χ2v) is 3.32. The van der Waals surface area contributed by atoms with Crippen LogP contribution < -0.4 is 0 Å². The van der Waals surface area contributed by atoms with E-state index in [0.717, 1.165) is 0 Å². The van der Waals surface area contributed by atoms with E-state index in [1.54, 1.807) is 0 Å². The predicted molar refractivity (Wildman–Crippen MR) is 34.4 cm³/mol. The molecule has 1 aliphatic carbocycles. The average molecular weight is 186 g/mol.